The van der Waals surface area contributed by atoms with Gasteiger partial charge >= 0.3 is 17.9 Å². The maximum atomic E-state index is 12.9. The third-order valence-electron chi connectivity index (χ3n) is 16.7. The number of quaternary nitrogens is 1. The fourth-order valence-electron chi connectivity index (χ4n) is 10.9. The molecule has 2 unspecified atom stereocenters. The Labute approximate surface area is 550 Å². The van der Waals surface area contributed by atoms with Crippen LogP contribution in [0.2, 0.25) is 0 Å². The second kappa shape index (κ2) is 70.3. The first-order valence-corrected chi connectivity index (χ1v) is 37.8. The number of esters is 2. The van der Waals surface area contributed by atoms with Crippen LogP contribution in [0, 0.1) is 0 Å². The van der Waals surface area contributed by atoms with Crippen LogP contribution in [-0.4, -0.2) is 87.4 Å². The number of rotatable bonds is 70. The van der Waals surface area contributed by atoms with Crippen LogP contribution in [0.25, 0.3) is 0 Å². The number of hydrogen-bond donors (Lipinski definition) is 1. The molecule has 0 aliphatic heterocycles. The largest absolute Gasteiger partial charge is 0.477 e. The van der Waals surface area contributed by atoms with E-state index in [1.54, 1.807) is 0 Å². The van der Waals surface area contributed by atoms with Crippen molar-refractivity contribution < 1.29 is 42.9 Å². The lowest BCUT2D eigenvalue weighted by atomic mass is 10.0. The van der Waals surface area contributed by atoms with E-state index in [1.807, 2.05) is 21.1 Å². The van der Waals surface area contributed by atoms with E-state index >= 15 is 0 Å². The van der Waals surface area contributed by atoms with Crippen molar-refractivity contribution in [2.24, 2.45) is 0 Å². The van der Waals surface area contributed by atoms with E-state index in [9.17, 15) is 19.5 Å². The molecular weight excluding hydrogens is 1100 g/mol. The summed E-state index contributed by atoms with van der Waals surface area (Å²) in [4.78, 5) is 37.6. The highest BCUT2D eigenvalue weighted by molar-refractivity contribution is 5.71. The molecule has 0 fully saturated rings. The number of carboxylic acids is 1. The molecule has 516 valence electrons. The predicted octanol–water partition coefficient (Wildman–Crippen LogP) is 23.8. The van der Waals surface area contributed by atoms with Gasteiger partial charge in [-0.05, 0) is 70.6 Å². The second-order valence-electron chi connectivity index (χ2n) is 26.6. The van der Waals surface area contributed by atoms with Crippen molar-refractivity contribution in [3.8, 4) is 0 Å². The normalized spacial score (nSPS) is 13.1. The lowest BCUT2D eigenvalue weighted by molar-refractivity contribution is -0.870. The van der Waals surface area contributed by atoms with Gasteiger partial charge in [0.2, 0.25) is 0 Å². The number of allylic oxidation sites excluding steroid dienone is 14. The molecule has 0 saturated carbocycles. The first kappa shape index (κ1) is 85.5. The van der Waals surface area contributed by atoms with Gasteiger partial charge in [-0.3, -0.25) is 9.59 Å². The summed E-state index contributed by atoms with van der Waals surface area (Å²) in [7, 11) is 5.97. The van der Waals surface area contributed by atoms with E-state index < -0.39 is 24.3 Å². The van der Waals surface area contributed by atoms with E-state index in [1.165, 1.54) is 231 Å². The third-order valence-corrected chi connectivity index (χ3v) is 16.7. The van der Waals surface area contributed by atoms with Crippen LogP contribution in [0.15, 0.2) is 85.1 Å². The molecule has 0 bridgehead atoms. The monoisotopic (exact) mass is 1250 g/mol. The number of carboxylic acid groups (broad SMARTS) is 1. The molecule has 0 rings (SSSR count). The first-order chi connectivity index (χ1) is 43.6. The highest BCUT2D eigenvalue weighted by atomic mass is 16.7. The molecular formula is C80H144NO8+. The number of hydrogen-bond acceptors (Lipinski definition) is 7. The predicted molar refractivity (Wildman–Crippen MR) is 382 cm³/mol. The Kier molecular flexibility index (Phi) is 67.6. The molecule has 2 atom stereocenters. The number of likely N-dealkylation sites (N-methyl/N-ethyl adjacent to an activating group) is 1. The van der Waals surface area contributed by atoms with Crippen LogP contribution in [0.1, 0.15) is 348 Å². The quantitative estimate of drug-likeness (QED) is 0.0211. The van der Waals surface area contributed by atoms with Crippen molar-refractivity contribution in [3.63, 3.8) is 0 Å². The zero-order valence-corrected chi connectivity index (χ0v) is 59.1. The molecule has 9 nitrogen and oxygen atoms in total. The second-order valence-corrected chi connectivity index (χ2v) is 26.6. The average molecular weight is 1250 g/mol. The summed E-state index contributed by atoms with van der Waals surface area (Å²) in [5.41, 5.74) is 0. The molecule has 0 heterocycles. The Bertz CT molecular complexity index is 1740. The SMILES string of the molecule is CC/C=C\C/C=C\C/C=C\C/C=C\C/C=C\C/C=C\C/C=C\CCCCCC(=O)OC(COC(=O)CCCCCCCCCCCCCCCCCCCCCCCCCCCCCCCCCCCCCCCCC)COC(OCC[N+](C)(C)C)C(=O)O. The Morgan fingerprint density at radius 1 is 0.348 bits per heavy atom. The fraction of sp³-hybridized carbons (Fsp3) is 0.787. The van der Waals surface area contributed by atoms with E-state index in [-0.39, 0.29) is 32.2 Å². The maximum absolute atomic E-state index is 12.9. The van der Waals surface area contributed by atoms with Crippen molar-refractivity contribution in [2.45, 2.75) is 360 Å². The van der Waals surface area contributed by atoms with Crippen LogP contribution in [0.5, 0.6) is 0 Å². The van der Waals surface area contributed by atoms with Gasteiger partial charge in [0.25, 0.3) is 6.29 Å². The van der Waals surface area contributed by atoms with Crippen molar-refractivity contribution >= 4 is 17.9 Å². The lowest BCUT2D eigenvalue weighted by Crippen LogP contribution is -2.40. The van der Waals surface area contributed by atoms with Gasteiger partial charge in [0.1, 0.15) is 13.2 Å². The van der Waals surface area contributed by atoms with Crippen LogP contribution >= 0.6 is 0 Å². The van der Waals surface area contributed by atoms with Gasteiger partial charge in [-0.15, -0.1) is 0 Å². The molecule has 0 saturated heterocycles. The summed E-state index contributed by atoms with van der Waals surface area (Å²) in [5.74, 6) is -2.04. The Morgan fingerprint density at radius 2 is 0.640 bits per heavy atom. The van der Waals surface area contributed by atoms with Crippen LogP contribution in [0.4, 0.5) is 0 Å². The Morgan fingerprint density at radius 3 is 0.955 bits per heavy atom. The van der Waals surface area contributed by atoms with Gasteiger partial charge < -0.3 is 28.5 Å². The highest BCUT2D eigenvalue weighted by Gasteiger charge is 2.25. The molecule has 9 heteroatoms. The Hall–Kier alpha value is -3.53. The number of aliphatic carboxylic acids is 1. The summed E-state index contributed by atoms with van der Waals surface area (Å²) in [6, 6.07) is 0. The summed E-state index contributed by atoms with van der Waals surface area (Å²) in [6.45, 7) is 4.76. The zero-order chi connectivity index (χ0) is 64.7. The summed E-state index contributed by atoms with van der Waals surface area (Å²) >= 11 is 0. The summed E-state index contributed by atoms with van der Waals surface area (Å²) in [5, 5.41) is 9.75. The molecule has 89 heavy (non-hydrogen) atoms. The molecule has 0 amide bonds. The molecule has 0 radical (unpaired) electrons. The van der Waals surface area contributed by atoms with Crippen molar-refractivity contribution in [2.75, 3.05) is 47.5 Å². The standard InChI is InChI=1S/C80H143NO8/c1-6-8-10-12-14-16-18-20-22-24-26-28-30-32-33-34-35-36-37-38-39-40-41-42-43-44-45-47-48-50-52-54-56-58-60-62-64-66-68-70-77(82)87-74-76(75-88-80(79(84)85)86-73-72-81(3,4)5)89-78(83)71-69-67-65-63-61-59-57-55-53-51-49-46-31-29-27-25-23-21-19-17-15-13-11-9-7-2/h9,11,15,17,21,23,27,29,46,49,53,55,59,61,76,80H,6-8,10,12-14,16,18-20,22,24-26,28,30-45,47-48,50-52,54,56-58,60,62-75H2,1-5H3/p+1/b11-9-,17-15-,23-21-,29-27-,49-46-,55-53-,61-59-. The number of ether oxygens (including phenoxy) is 4. The van der Waals surface area contributed by atoms with E-state index in [0.717, 1.165) is 83.5 Å². The number of carbonyl (C=O) groups is 3. The van der Waals surface area contributed by atoms with Crippen molar-refractivity contribution in [1.82, 2.24) is 0 Å². The van der Waals surface area contributed by atoms with Gasteiger partial charge in [0, 0.05) is 12.8 Å². The molecule has 1 N–H and O–H groups in total. The fourth-order valence-corrected chi connectivity index (χ4v) is 10.9. The van der Waals surface area contributed by atoms with E-state index in [0.29, 0.717) is 23.9 Å². The molecule has 0 spiro atoms. The molecule has 0 aromatic carbocycles. The van der Waals surface area contributed by atoms with Crippen LogP contribution in [0.3, 0.4) is 0 Å². The van der Waals surface area contributed by atoms with Gasteiger partial charge in [0.15, 0.2) is 6.10 Å². The van der Waals surface area contributed by atoms with Crippen LogP contribution < -0.4 is 0 Å². The topological polar surface area (TPSA) is 108 Å². The minimum atomic E-state index is -1.52. The average Bonchev–Trinajstić information content (AvgIpc) is 3.64. The molecule has 0 aromatic rings. The number of unbranched alkanes of at least 4 members (excludes halogenated alkanes) is 41. The Balaban J connectivity index is 4.02. The number of carbonyl (C=O) groups excluding carboxylic acids is 2. The van der Waals surface area contributed by atoms with Crippen molar-refractivity contribution in [1.29, 1.82) is 0 Å². The number of nitrogens with zero attached hydrogens (tertiary/aromatic N) is 1. The van der Waals surface area contributed by atoms with Gasteiger partial charge in [0.05, 0.1) is 34.4 Å². The third kappa shape index (κ3) is 71.8. The van der Waals surface area contributed by atoms with Gasteiger partial charge in [-0.2, -0.15) is 0 Å². The zero-order valence-electron chi connectivity index (χ0n) is 59.1. The highest BCUT2D eigenvalue weighted by Crippen LogP contribution is 2.19. The molecule has 0 aliphatic carbocycles. The van der Waals surface area contributed by atoms with E-state index in [2.05, 4.69) is 98.9 Å². The minimum absolute atomic E-state index is 0.178. The summed E-state index contributed by atoms with van der Waals surface area (Å²) in [6.07, 6.45) is 93.2. The maximum Gasteiger partial charge on any atom is 0.361 e. The van der Waals surface area contributed by atoms with Gasteiger partial charge in [-0.1, -0.05) is 349 Å². The van der Waals surface area contributed by atoms with Crippen LogP contribution in [-0.2, 0) is 33.3 Å². The smallest absolute Gasteiger partial charge is 0.361 e. The van der Waals surface area contributed by atoms with Crippen molar-refractivity contribution in [3.05, 3.63) is 85.1 Å². The first-order valence-electron chi connectivity index (χ1n) is 37.8. The van der Waals surface area contributed by atoms with E-state index in [4.69, 9.17) is 18.9 Å². The lowest BCUT2D eigenvalue weighted by Gasteiger charge is -2.25. The molecule has 0 aromatic heterocycles. The summed E-state index contributed by atoms with van der Waals surface area (Å²) < 4.78 is 22.9. The molecule has 0 aliphatic rings. The van der Waals surface area contributed by atoms with Gasteiger partial charge in [-0.25, -0.2) is 4.79 Å². The minimum Gasteiger partial charge on any atom is -0.477 e.